The van der Waals surface area contributed by atoms with Crippen LogP contribution in [0.1, 0.15) is 31.1 Å². The quantitative estimate of drug-likeness (QED) is 0.856. The highest BCUT2D eigenvalue weighted by Crippen LogP contribution is 2.31. The van der Waals surface area contributed by atoms with Gasteiger partial charge < -0.3 is 5.32 Å². The maximum Gasteiger partial charge on any atom is 0.416 e. The van der Waals surface area contributed by atoms with Crippen molar-refractivity contribution in [2.24, 2.45) is 0 Å². The number of anilines is 1. The zero-order valence-corrected chi connectivity index (χ0v) is 11.6. The van der Waals surface area contributed by atoms with E-state index in [9.17, 15) is 17.6 Å². The van der Waals surface area contributed by atoms with Crippen LogP contribution in [0.5, 0.6) is 0 Å². The van der Waals surface area contributed by atoms with Crippen molar-refractivity contribution in [2.75, 3.05) is 5.32 Å². The lowest BCUT2D eigenvalue weighted by Gasteiger charge is -2.11. The topological polar surface area (TPSA) is 29.9 Å². The van der Waals surface area contributed by atoms with Crippen LogP contribution < -0.4 is 5.32 Å². The van der Waals surface area contributed by atoms with Gasteiger partial charge in [0.05, 0.1) is 23.5 Å². The summed E-state index contributed by atoms with van der Waals surface area (Å²) in [4.78, 5) is 0. The number of nitrogens with one attached hydrogen (secondary N) is 1. The van der Waals surface area contributed by atoms with Crippen molar-refractivity contribution in [3.05, 3.63) is 47.5 Å². The van der Waals surface area contributed by atoms with Crippen LogP contribution in [0.15, 0.2) is 30.5 Å². The largest absolute Gasteiger partial charge is 0.416 e. The minimum atomic E-state index is -4.50. The molecule has 7 heteroatoms. The molecule has 0 spiro atoms. The Morgan fingerprint density at radius 2 is 1.95 bits per heavy atom. The van der Waals surface area contributed by atoms with Gasteiger partial charge in [-0.2, -0.15) is 18.3 Å². The molecule has 1 aromatic carbocycles. The maximum atomic E-state index is 13.5. The van der Waals surface area contributed by atoms with Gasteiger partial charge in [0.2, 0.25) is 0 Å². The van der Waals surface area contributed by atoms with Crippen molar-refractivity contribution < 1.29 is 17.6 Å². The Morgan fingerprint density at radius 1 is 1.24 bits per heavy atom. The second kappa shape index (κ2) is 5.75. The summed E-state index contributed by atoms with van der Waals surface area (Å²) in [6.07, 6.45) is -2.73. The Labute approximate surface area is 119 Å². The van der Waals surface area contributed by atoms with E-state index in [-0.39, 0.29) is 18.3 Å². The molecule has 0 amide bonds. The molecule has 2 aromatic rings. The van der Waals surface area contributed by atoms with E-state index in [0.29, 0.717) is 11.8 Å². The molecule has 21 heavy (non-hydrogen) atoms. The van der Waals surface area contributed by atoms with Crippen LogP contribution in [-0.4, -0.2) is 9.78 Å². The summed E-state index contributed by atoms with van der Waals surface area (Å²) in [5, 5.41) is 6.88. The van der Waals surface area contributed by atoms with E-state index >= 15 is 0 Å². The van der Waals surface area contributed by atoms with Crippen LogP contribution in [0.25, 0.3) is 0 Å². The molecule has 0 atom stereocenters. The fraction of sp³-hybridized carbons (Fsp3) is 0.357. The van der Waals surface area contributed by atoms with Crippen molar-refractivity contribution in [1.29, 1.82) is 0 Å². The van der Waals surface area contributed by atoms with Crippen molar-refractivity contribution in [2.45, 2.75) is 32.6 Å². The third-order valence-electron chi connectivity index (χ3n) is 2.95. The number of nitrogens with zero attached hydrogens (tertiary/aromatic N) is 2. The first-order valence-electron chi connectivity index (χ1n) is 6.42. The van der Waals surface area contributed by atoms with Crippen LogP contribution in [0, 0.1) is 5.82 Å². The number of aromatic nitrogens is 2. The Bertz CT molecular complexity index is 617. The van der Waals surface area contributed by atoms with Crippen molar-refractivity contribution in [1.82, 2.24) is 9.78 Å². The molecule has 0 aliphatic carbocycles. The van der Waals surface area contributed by atoms with Crippen LogP contribution in [0.2, 0.25) is 0 Å². The number of benzene rings is 1. The third kappa shape index (κ3) is 3.74. The zero-order valence-electron chi connectivity index (χ0n) is 11.6. The summed E-state index contributed by atoms with van der Waals surface area (Å²) in [6, 6.07) is 4.20. The Morgan fingerprint density at radius 3 is 2.52 bits per heavy atom. The van der Waals surface area contributed by atoms with Gasteiger partial charge in [-0.3, -0.25) is 4.68 Å². The lowest BCUT2D eigenvalue weighted by Crippen LogP contribution is -2.08. The molecule has 1 heterocycles. The highest BCUT2D eigenvalue weighted by atomic mass is 19.4. The van der Waals surface area contributed by atoms with Crippen molar-refractivity contribution in [3.63, 3.8) is 0 Å². The molecule has 2 rings (SSSR count). The van der Waals surface area contributed by atoms with E-state index in [0.717, 1.165) is 12.1 Å². The van der Waals surface area contributed by atoms with E-state index in [1.165, 1.54) is 0 Å². The summed E-state index contributed by atoms with van der Waals surface area (Å²) in [7, 11) is 0. The molecule has 0 fully saturated rings. The van der Waals surface area contributed by atoms with Crippen LogP contribution >= 0.6 is 0 Å². The summed E-state index contributed by atoms with van der Waals surface area (Å²) >= 11 is 0. The zero-order chi connectivity index (χ0) is 15.6. The lowest BCUT2D eigenvalue weighted by atomic mass is 10.2. The van der Waals surface area contributed by atoms with E-state index in [2.05, 4.69) is 10.4 Å². The fourth-order valence-electron chi connectivity index (χ4n) is 1.78. The summed E-state index contributed by atoms with van der Waals surface area (Å²) < 4.78 is 53.0. The average Bonchev–Trinajstić information content (AvgIpc) is 2.85. The standard InChI is InChI=1S/C14H15F4N3/c1-9(2)21-6-5-11(20-21)8-19-13-7-10(14(16,17)18)3-4-12(13)15/h3-7,9,19H,8H2,1-2H3. The van der Waals surface area contributed by atoms with Crippen LogP contribution in [-0.2, 0) is 12.7 Å². The third-order valence-corrected chi connectivity index (χ3v) is 2.95. The van der Waals surface area contributed by atoms with Gasteiger partial charge in [0, 0.05) is 12.2 Å². The lowest BCUT2D eigenvalue weighted by molar-refractivity contribution is -0.137. The van der Waals surface area contributed by atoms with Gasteiger partial charge in [0.15, 0.2) is 0 Å². The second-order valence-corrected chi connectivity index (χ2v) is 4.93. The van der Waals surface area contributed by atoms with E-state index in [1.54, 1.807) is 16.9 Å². The molecule has 0 unspecified atom stereocenters. The number of hydrogen-bond acceptors (Lipinski definition) is 2. The fourth-order valence-corrected chi connectivity index (χ4v) is 1.78. The molecule has 0 aliphatic rings. The van der Waals surface area contributed by atoms with Gasteiger partial charge in [-0.15, -0.1) is 0 Å². The molecule has 3 nitrogen and oxygen atoms in total. The Hall–Kier alpha value is -2.05. The predicted molar refractivity (Wildman–Crippen MR) is 71.3 cm³/mol. The van der Waals surface area contributed by atoms with Gasteiger partial charge in [-0.25, -0.2) is 4.39 Å². The van der Waals surface area contributed by atoms with Gasteiger partial charge >= 0.3 is 6.18 Å². The van der Waals surface area contributed by atoms with Gasteiger partial charge in [0.25, 0.3) is 0 Å². The normalized spacial score (nSPS) is 12.0. The first-order valence-corrected chi connectivity index (χ1v) is 6.42. The summed E-state index contributed by atoms with van der Waals surface area (Å²) in [5.74, 6) is -0.730. The minimum Gasteiger partial charge on any atom is -0.377 e. The van der Waals surface area contributed by atoms with Crippen LogP contribution in [0.3, 0.4) is 0 Å². The first-order chi connectivity index (χ1) is 9.77. The predicted octanol–water partition coefficient (Wildman–Crippen LogP) is 4.23. The summed E-state index contributed by atoms with van der Waals surface area (Å²) in [6.45, 7) is 4.06. The molecular weight excluding hydrogens is 286 g/mol. The average molecular weight is 301 g/mol. The molecule has 0 bridgehead atoms. The van der Waals surface area contributed by atoms with Crippen molar-refractivity contribution in [3.8, 4) is 0 Å². The highest BCUT2D eigenvalue weighted by molar-refractivity contribution is 5.48. The Kier molecular flexibility index (Phi) is 4.20. The number of halogens is 4. The van der Waals surface area contributed by atoms with E-state index < -0.39 is 17.6 Å². The molecule has 1 N–H and O–H groups in total. The molecular formula is C14H15F4N3. The minimum absolute atomic E-state index is 0.151. The number of alkyl halides is 3. The highest BCUT2D eigenvalue weighted by Gasteiger charge is 2.31. The van der Waals surface area contributed by atoms with Gasteiger partial charge in [0.1, 0.15) is 5.82 Å². The van der Waals surface area contributed by atoms with E-state index in [1.807, 2.05) is 13.8 Å². The first kappa shape index (κ1) is 15.3. The molecule has 114 valence electrons. The monoisotopic (exact) mass is 301 g/mol. The molecule has 0 saturated heterocycles. The number of rotatable bonds is 4. The number of hydrogen-bond donors (Lipinski definition) is 1. The van der Waals surface area contributed by atoms with Crippen LogP contribution in [0.4, 0.5) is 23.2 Å². The second-order valence-electron chi connectivity index (χ2n) is 4.93. The molecule has 0 radical (unpaired) electrons. The van der Waals surface area contributed by atoms with Gasteiger partial charge in [-0.05, 0) is 38.1 Å². The van der Waals surface area contributed by atoms with Gasteiger partial charge in [-0.1, -0.05) is 0 Å². The SMILES string of the molecule is CC(C)n1ccc(CNc2cc(C(F)(F)F)ccc2F)n1. The molecule has 1 aromatic heterocycles. The molecule has 0 aliphatic heterocycles. The smallest absolute Gasteiger partial charge is 0.377 e. The van der Waals surface area contributed by atoms with E-state index in [4.69, 9.17) is 0 Å². The molecule has 0 saturated carbocycles. The Balaban J connectivity index is 2.12. The maximum absolute atomic E-state index is 13.5. The van der Waals surface area contributed by atoms with Crippen molar-refractivity contribution >= 4 is 5.69 Å². The summed E-state index contributed by atoms with van der Waals surface area (Å²) in [5.41, 5.74) is -0.455.